The molecule has 0 radical (unpaired) electrons. The Kier molecular flexibility index (Phi) is 6.35. The molecule has 3 N–H and O–H groups in total. The number of carbonyl (C=O) groups excluding carboxylic acids is 1. The summed E-state index contributed by atoms with van der Waals surface area (Å²) in [5.74, 6) is -0.474. The van der Waals surface area contributed by atoms with Crippen LogP contribution >= 0.6 is 11.6 Å². The number of rotatable bonds is 5. The summed E-state index contributed by atoms with van der Waals surface area (Å²) in [5.41, 5.74) is -0.685. The molecule has 31 heavy (non-hydrogen) atoms. The van der Waals surface area contributed by atoms with Gasteiger partial charge >= 0.3 is 6.18 Å². The number of benzene rings is 2. The zero-order valence-corrected chi connectivity index (χ0v) is 17.2. The molecular weight excluding hydrogens is 455 g/mol. The molecule has 0 unspecified atom stereocenters. The van der Waals surface area contributed by atoms with Gasteiger partial charge in [-0.2, -0.15) is 13.2 Å². The molecule has 1 amide bonds. The van der Waals surface area contributed by atoms with Gasteiger partial charge in [-0.15, -0.1) is 0 Å². The molecule has 1 heterocycles. The van der Waals surface area contributed by atoms with E-state index in [0.717, 1.165) is 24.4 Å². The zero-order valence-electron chi connectivity index (χ0n) is 15.7. The Labute approximate surface area is 180 Å². The van der Waals surface area contributed by atoms with Crippen molar-refractivity contribution in [2.45, 2.75) is 17.5 Å². The number of nitrogens with two attached hydrogens (primary N) is 1. The average molecular weight is 470 g/mol. The Morgan fingerprint density at radius 2 is 1.81 bits per heavy atom. The SMILES string of the molecule is NS(=O)(=O)c1cc(NC(=O)Cc2ccccc2Cl)ccc1-c1cc(C(F)(F)F)ccn1. The Bertz CT molecular complexity index is 1250. The van der Waals surface area contributed by atoms with Gasteiger partial charge in [-0.05, 0) is 42.0 Å². The largest absolute Gasteiger partial charge is 0.416 e. The van der Waals surface area contributed by atoms with Crippen LogP contribution in [0.4, 0.5) is 18.9 Å². The van der Waals surface area contributed by atoms with Crippen LogP contribution < -0.4 is 10.5 Å². The van der Waals surface area contributed by atoms with Crippen molar-refractivity contribution in [2.24, 2.45) is 5.14 Å². The van der Waals surface area contributed by atoms with Gasteiger partial charge < -0.3 is 5.32 Å². The van der Waals surface area contributed by atoms with Crippen LogP contribution in [0.1, 0.15) is 11.1 Å². The van der Waals surface area contributed by atoms with E-state index in [1.807, 2.05) is 0 Å². The number of hydrogen-bond donors (Lipinski definition) is 2. The summed E-state index contributed by atoms with van der Waals surface area (Å²) in [6.45, 7) is 0. The Balaban J connectivity index is 1.95. The predicted molar refractivity (Wildman–Crippen MR) is 110 cm³/mol. The number of anilines is 1. The number of amides is 1. The lowest BCUT2D eigenvalue weighted by Gasteiger charge is -2.13. The molecular formula is C20H15ClF3N3O3S. The Hall–Kier alpha value is -2.95. The van der Waals surface area contributed by atoms with Gasteiger partial charge in [-0.1, -0.05) is 29.8 Å². The highest BCUT2D eigenvalue weighted by molar-refractivity contribution is 7.89. The molecule has 0 saturated carbocycles. The number of primary sulfonamides is 1. The lowest BCUT2D eigenvalue weighted by molar-refractivity contribution is -0.137. The summed E-state index contributed by atoms with van der Waals surface area (Å²) in [6.07, 6.45) is -3.78. The van der Waals surface area contributed by atoms with Crippen LogP contribution in [0, 0.1) is 0 Å². The minimum atomic E-state index is -4.63. The van der Waals surface area contributed by atoms with Crippen LogP contribution in [0.5, 0.6) is 0 Å². The average Bonchev–Trinajstić information content (AvgIpc) is 2.68. The summed E-state index contributed by atoms with van der Waals surface area (Å²) < 4.78 is 63.2. The molecule has 0 spiro atoms. The third kappa shape index (κ3) is 5.60. The molecule has 0 bridgehead atoms. The number of pyridine rings is 1. The molecule has 0 fully saturated rings. The molecule has 1 aromatic heterocycles. The van der Waals surface area contributed by atoms with Crippen molar-refractivity contribution in [1.82, 2.24) is 4.98 Å². The van der Waals surface area contributed by atoms with Crippen molar-refractivity contribution in [3.05, 3.63) is 76.9 Å². The maximum atomic E-state index is 13.0. The first-order chi connectivity index (χ1) is 14.4. The van der Waals surface area contributed by atoms with Crippen molar-refractivity contribution in [2.75, 3.05) is 5.32 Å². The summed E-state index contributed by atoms with van der Waals surface area (Å²) in [7, 11) is -4.35. The van der Waals surface area contributed by atoms with Gasteiger partial charge in [-0.25, -0.2) is 13.6 Å². The van der Waals surface area contributed by atoms with Crippen LogP contribution in [-0.4, -0.2) is 19.3 Å². The minimum absolute atomic E-state index is 0.0681. The second kappa shape index (κ2) is 8.66. The van der Waals surface area contributed by atoms with Crippen LogP contribution in [0.15, 0.2) is 65.7 Å². The molecule has 0 atom stereocenters. The van der Waals surface area contributed by atoms with Crippen molar-refractivity contribution in [1.29, 1.82) is 0 Å². The second-order valence-electron chi connectivity index (χ2n) is 6.50. The molecule has 11 heteroatoms. The Morgan fingerprint density at radius 1 is 1.10 bits per heavy atom. The van der Waals surface area contributed by atoms with Crippen LogP contribution in [0.3, 0.4) is 0 Å². The third-order valence-electron chi connectivity index (χ3n) is 4.24. The maximum Gasteiger partial charge on any atom is 0.416 e. The fourth-order valence-electron chi connectivity index (χ4n) is 2.82. The van der Waals surface area contributed by atoms with Gasteiger partial charge in [0.05, 0.1) is 22.6 Å². The van der Waals surface area contributed by atoms with Gasteiger partial charge in [0.15, 0.2) is 0 Å². The smallest absolute Gasteiger partial charge is 0.326 e. The van der Waals surface area contributed by atoms with Gasteiger partial charge in [0.25, 0.3) is 0 Å². The normalized spacial score (nSPS) is 11.9. The predicted octanol–water partition coefficient (Wildman–Crippen LogP) is 4.25. The quantitative estimate of drug-likeness (QED) is 0.583. The molecule has 0 aliphatic carbocycles. The van der Waals surface area contributed by atoms with Crippen molar-refractivity contribution in [3.8, 4) is 11.3 Å². The van der Waals surface area contributed by atoms with E-state index in [-0.39, 0.29) is 23.4 Å². The third-order valence-corrected chi connectivity index (χ3v) is 5.56. The van der Waals surface area contributed by atoms with E-state index in [1.165, 1.54) is 12.1 Å². The fraction of sp³-hybridized carbons (Fsp3) is 0.100. The van der Waals surface area contributed by atoms with E-state index in [1.54, 1.807) is 24.3 Å². The van der Waals surface area contributed by atoms with Gasteiger partial charge in [-0.3, -0.25) is 9.78 Å². The zero-order chi connectivity index (χ0) is 22.8. The topological polar surface area (TPSA) is 102 Å². The van der Waals surface area contributed by atoms with Gasteiger partial charge in [0.2, 0.25) is 15.9 Å². The van der Waals surface area contributed by atoms with E-state index in [2.05, 4.69) is 10.3 Å². The maximum absolute atomic E-state index is 13.0. The first kappa shape index (κ1) is 22.7. The highest BCUT2D eigenvalue weighted by atomic mass is 35.5. The van der Waals surface area contributed by atoms with E-state index in [0.29, 0.717) is 10.6 Å². The molecule has 0 saturated heterocycles. The molecule has 2 aromatic carbocycles. The number of nitrogens with one attached hydrogen (secondary N) is 1. The first-order valence-electron chi connectivity index (χ1n) is 8.69. The molecule has 6 nitrogen and oxygen atoms in total. The van der Waals surface area contributed by atoms with Gasteiger partial charge in [0.1, 0.15) is 0 Å². The number of halogens is 4. The fourth-order valence-corrected chi connectivity index (χ4v) is 3.79. The number of sulfonamides is 1. The van der Waals surface area contributed by atoms with E-state index >= 15 is 0 Å². The highest BCUT2D eigenvalue weighted by Gasteiger charge is 2.31. The number of hydrogen-bond acceptors (Lipinski definition) is 4. The molecule has 0 aliphatic heterocycles. The lowest BCUT2D eigenvalue weighted by atomic mass is 10.1. The number of aromatic nitrogens is 1. The molecule has 3 aromatic rings. The van der Waals surface area contributed by atoms with Crippen LogP contribution in [0.2, 0.25) is 5.02 Å². The number of nitrogens with zero attached hydrogens (tertiary/aromatic N) is 1. The van der Waals surface area contributed by atoms with Gasteiger partial charge in [0, 0.05) is 22.5 Å². The van der Waals surface area contributed by atoms with E-state index in [9.17, 15) is 26.4 Å². The molecule has 0 aliphatic rings. The van der Waals surface area contributed by atoms with Crippen molar-refractivity contribution in [3.63, 3.8) is 0 Å². The van der Waals surface area contributed by atoms with Crippen LogP contribution in [0.25, 0.3) is 11.3 Å². The van der Waals surface area contributed by atoms with E-state index in [4.69, 9.17) is 16.7 Å². The molecule has 3 rings (SSSR count). The summed E-state index contributed by atoms with van der Waals surface area (Å²) in [5, 5.41) is 8.18. The minimum Gasteiger partial charge on any atom is -0.326 e. The van der Waals surface area contributed by atoms with E-state index < -0.39 is 32.6 Å². The summed E-state index contributed by atoms with van der Waals surface area (Å²) in [4.78, 5) is 15.7. The molecule has 162 valence electrons. The van der Waals surface area contributed by atoms with Crippen molar-refractivity contribution < 1.29 is 26.4 Å². The summed E-state index contributed by atoms with van der Waals surface area (Å²) >= 11 is 6.03. The highest BCUT2D eigenvalue weighted by Crippen LogP contribution is 2.33. The number of alkyl halides is 3. The second-order valence-corrected chi connectivity index (χ2v) is 8.44. The standard InChI is InChI=1S/C20H15ClF3N3O3S/c21-16-4-2-1-3-12(16)9-19(28)27-14-5-6-15(18(11-14)31(25,29)30)17-10-13(7-8-26-17)20(22,23)24/h1-8,10-11H,9H2,(H,27,28)(H2,25,29,30). The Morgan fingerprint density at radius 3 is 2.45 bits per heavy atom. The van der Waals surface area contributed by atoms with Crippen LogP contribution in [-0.2, 0) is 27.4 Å². The lowest BCUT2D eigenvalue weighted by Crippen LogP contribution is -2.17. The number of carbonyl (C=O) groups is 1. The monoisotopic (exact) mass is 469 g/mol. The van der Waals surface area contributed by atoms with Crippen molar-refractivity contribution >= 4 is 33.2 Å². The summed E-state index contributed by atoms with van der Waals surface area (Å²) in [6, 6.07) is 11.8. The first-order valence-corrected chi connectivity index (χ1v) is 10.6.